The van der Waals surface area contributed by atoms with E-state index in [0.29, 0.717) is 19.8 Å². The number of nitrogens with zero attached hydrogens (tertiary/aromatic N) is 2. The summed E-state index contributed by atoms with van der Waals surface area (Å²) in [7, 11) is 0. The van der Waals surface area contributed by atoms with Crippen LogP contribution in [0.2, 0.25) is 0 Å². The van der Waals surface area contributed by atoms with Gasteiger partial charge in [0.25, 0.3) is 0 Å². The molecule has 0 radical (unpaired) electrons. The van der Waals surface area contributed by atoms with Gasteiger partial charge in [-0.2, -0.15) is 0 Å². The molecule has 0 unspecified atom stereocenters. The maximum Gasteiger partial charge on any atom is 0.162 e. The fourth-order valence-electron chi connectivity index (χ4n) is 2.29. The lowest BCUT2D eigenvalue weighted by Crippen LogP contribution is -2.38. The molecule has 0 saturated carbocycles. The highest BCUT2D eigenvalue weighted by atomic mass is 127. The van der Waals surface area contributed by atoms with E-state index in [2.05, 4.69) is 44.8 Å². The molecule has 6 heteroatoms. The van der Waals surface area contributed by atoms with Crippen LogP contribution in [0.3, 0.4) is 0 Å². The molecule has 5 nitrogen and oxygen atoms in total. The zero-order valence-corrected chi connectivity index (χ0v) is 13.6. The van der Waals surface area contributed by atoms with E-state index in [-0.39, 0.29) is 5.60 Å². The first kappa shape index (κ1) is 14.9. The Balaban J connectivity index is 2.33. The molecule has 1 fully saturated rings. The number of aromatic nitrogens is 2. The second kappa shape index (κ2) is 6.81. The minimum atomic E-state index is -0.387. The zero-order valence-electron chi connectivity index (χ0n) is 11.4. The Hall–Kier alpha value is -0.470. The number of halogens is 1. The van der Waals surface area contributed by atoms with Crippen LogP contribution in [0.1, 0.15) is 32.5 Å². The maximum absolute atomic E-state index is 5.99. The number of ether oxygens (including phenoxy) is 2. The Morgan fingerprint density at radius 3 is 2.79 bits per heavy atom. The average molecular weight is 377 g/mol. The lowest BCUT2D eigenvalue weighted by molar-refractivity contribution is -0.117. The van der Waals surface area contributed by atoms with Crippen molar-refractivity contribution in [2.75, 3.05) is 31.7 Å². The zero-order chi connectivity index (χ0) is 13.7. The first-order valence-corrected chi connectivity index (χ1v) is 7.78. The van der Waals surface area contributed by atoms with Gasteiger partial charge >= 0.3 is 0 Å². The third-order valence-electron chi connectivity index (χ3n) is 3.22. The van der Waals surface area contributed by atoms with Crippen molar-refractivity contribution in [1.82, 2.24) is 9.97 Å². The summed E-state index contributed by atoms with van der Waals surface area (Å²) in [6, 6.07) is 0. The lowest BCUT2D eigenvalue weighted by Gasteiger charge is -2.35. The number of nitrogens with one attached hydrogen (secondary N) is 1. The summed E-state index contributed by atoms with van der Waals surface area (Å²) in [6.45, 7) is 6.97. The normalized spacial score (nSPS) is 18.3. The van der Waals surface area contributed by atoms with Gasteiger partial charge in [0.1, 0.15) is 11.4 Å². The second-order valence-corrected chi connectivity index (χ2v) is 5.62. The fourth-order valence-corrected chi connectivity index (χ4v) is 2.74. The van der Waals surface area contributed by atoms with Crippen LogP contribution in [0.5, 0.6) is 0 Å². The Labute approximate surface area is 127 Å². The van der Waals surface area contributed by atoms with Crippen molar-refractivity contribution in [1.29, 1.82) is 0 Å². The van der Waals surface area contributed by atoms with Crippen LogP contribution >= 0.6 is 22.6 Å². The van der Waals surface area contributed by atoms with Gasteiger partial charge < -0.3 is 14.8 Å². The van der Waals surface area contributed by atoms with E-state index in [1.807, 2.05) is 13.1 Å². The number of rotatable bonds is 5. The molecule has 0 aliphatic carbocycles. The van der Waals surface area contributed by atoms with Crippen molar-refractivity contribution in [3.63, 3.8) is 0 Å². The van der Waals surface area contributed by atoms with Gasteiger partial charge in [-0.15, -0.1) is 0 Å². The van der Waals surface area contributed by atoms with E-state index in [4.69, 9.17) is 9.47 Å². The molecule has 2 rings (SSSR count). The van der Waals surface area contributed by atoms with E-state index < -0.39 is 0 Å². The summed E-state index contributed by atoms with van der Waals surface area (Å²) in [6.07, 6.45) is 3.48. The minimum Gasteiger partial charge on any atom is -0.381 e. The Bertz CT molecular complexity index is 417. The smallest absolute Gasteiger partial charge is 0.162 e. The molecule has 1 aromatic heterocycles. The van der Waals surface area contributed by atoms with Crippen LogP contribution in [-0.2, 0) is 15.1 Å². The van der Waals surface area contributed by atoms with Gasteiger partial charge in [0.2, 0.25) is 0 Å². The summed E-state index contributed by atoms with van der Waals surface area (Å²) < 4.78 is 12.5. The summed E-state index contributed by atoms with van der Waals surface area (Å²) in [5.74, 6) is 1.66. The van der Waals surface area contributed by atoms with Crippen LogP contribution in [0.25, 0.3) is 0 Å². The van der Waals surface area contributed by atoms with Crippen molar-refractivity contribution in [2.24, 2.45) is 0 Å². The van der Waals surface area contributed by atoms with Gasteiger partial charge in [-0.1, -0.05) is 0 Å². The van der Waals surface area contributed by atoms with E-state index in [1.165, 1.54) is 0 Å². The largest absolute Gasteiger partial charge is 0.381 e. The van der Waals surface area contributed by atoms with Crippen molar-refractivity contribution in [3.05, 3.63) is 15.6 Å². The third kappa shape index (κ3) is 3.35. The molecule has 0 aromatic carbocycles. The Kier molecular flexibility index (Phi) is 5.35. The van der Waals surface area contributed by atoms with Crippen LogP contribution in [0.4, 0.5) is 5.82 Å². The Morgan fingerprint density at radius 1 is 1.42 bits per heavy atom. The SMILES string of the molecule is CCNc1nc(C2(OCC)CCOCC2)ncc1I. The molecular weight excluding hydrogens is 357 g/mol. The molecule has 2 heterocycles. The third-order valence-corrected chi connectivity index (χ3v) is 4.01. The molecule has 106 valence electrons. The first-order chi connectivity index (χ1) is 9.22. The molecule has 1 saturated heterocycles. The quantitative estimate of drug-likeness (QED) is 0.800. The van der Waals surface area contributed by atoms with Crippen molar-refractivity contribution < 1.29 is 9.47 Å². The summed E-state index contributed by atoms with van der Waals surface area (Å²) in [5.41, 5.74) is -0.387. The van der Waals surface area contributed by atoms with Gasteiger partial charge in [-0.3, -0.25) is 0 Å². The molecule has 0 bridgehead atoms. The fraction of sp³-hybridized carbons (Fsp3) is 0.692. The Morgan fingerprint density at radius 2 is 2.16 bits per heavy atom. The van der Waals surface area contributed by atoms with Gasteiger partial charge in [0.05, 0.1) is 3.57 Å². The predicted molar refractivity (Wildman–Crippen MR) is 82.3 cm³/mol. The molecule has 1 aliphatic heterocycles. The van der Waals surface area contributed by atoms with Gasteiger partial charge in [-0.25, -0.2) is 9.97 Å². The summed E-state index contributed by atoms with van der Waals surface area (Å²) in [4.78, 5) is 9.16. The van der Waals surface area contributed by atoms with E-state index in [0.717, 1.165) is 34.6 Å². The predicted octanol–water partition coefficient (Wildman–Crippen LogP) is 2.56. The molecular formula is C13H20IN3O2. The standard InChI is InChI=1S/C13H20IN3O2/c1-3-15-11-10(14)9-16-12(17-11)13(19-4-2)5-7-18-8-6-13/h9H,3-8H2,1-2H3,(H,15,16,17). The summed E-state index contributed by atoms with van der Waals surface area (Å²) >= 11 is 2.24. The van der Waals surface area contributed by atoms with Crippen molar-refractivity contribution in [3.8, 4) is 0 Å². The molecule has 0 amide bonds. The molecule has 1 N–H and O–H groups in total. The van der Waals surface area contributed by atoms with Crippen LogP contribution in [0.15, 0.2) is 6.20 Å². The van der Waals surface area contributed by atoms with E-state index >= 15 is 0 Å². The topological polar surface area (TPSA) is 56.3 Å². The second-order valence-electron chi connectivity index (χ2n) is 4.46. The van der Waals surface area contributed by atoms with E-state index in [9.17, 15) is 0 Å². The van der Waals surface area contributed by atoms with Crippen LogP contribution < -0.4 is 5.32 Å². The monoisotopic (exact) mass is 377 g/mol. The highest BCUT2D eigenvalue weighted by Crippen LogP contribution is 2.34. The number of anilines is 1. The lowest BCUT2D eigenvalue weighted by atomic mass is 9.93. The summed E-state index contributed by atoms with van der Waals surface area (Å²) in [5, 5.41) is 3.27. The number of hydrogen-bond donors (Lipinski definition) is 1. The molecule has 1 aromatic rings. The molecule has 0 atom stereocenters. The highest BCUT2D eigenvalue weighted by Gasteiger charge is 2.38. The average Bonchev–Trinajstić information content (AvgIpc) is 2.43. The molecule has 19 heavy (non-hydrogen) atoms. The minimum absolute atomic E-state index is 0.387. The van der Waals surface area contributed by atoms with Gasteiger partial charge in [0.15, 0.2) is 5.82 Å². The van der Waals surface area contributed by atoms with Crippen LogP contribution in [-0.4, -0.2) is 36.3 Å². The van der Waals surface area contributed by atoms with Crippen molar-refractivity contribution in [2.45, 2.75) is 32.3 Å². The maximum atomic E-state index is 5.99. The van der Waals surface area contributed by atoms with Crippen molar-refractivity contribution >= 4 is 28.4 Å². The van der Waals surface area contributed by atoms with Gasteiger partial charge in [0, 0.05) is 45.4 Å². The molecule has 1 aliphatic rings. The van der Waals surface area contributed by atoms with Gasteiger partial charge in [-0.05, 0) is 36.4 Å². The number of hydrogen-bond acceptors (Lipinski definition) is 5. The highest BCUT2D eigenvalue weighted by molar-refractivity contribution is 14.1. The molecule has 0 spiro atoms. The van der Waals surface area contributed by atoms with Crippen LogP contribution in [0, 0.1) is 3.57 Å². The first-order valence-electron chi connectivity index (χ1n) is 6.70. The van der Waals surface area contributed by atoms with E-state index in [1.54, 1.807) is 0 Å².